The summed E-state index contributed by atoms with van der Waals surface area (Å²) in [5.74, 6) is -0.478. The zero-order valence-corrected chi connectivity index (χ0v) is 11.6. The van der Waals surface area contributed by atoms with Crippen LogP contribution in [0.4, 0.5) is 11.5 Å². The van der Waals surface area contributed by atoms with Gasteiger partial charge in [-0.2, -0.15) is 0 Å². The van der Waals surface area contributed by atoms with Gasteiger partial charge in [0, 0.05) is 17.3 Å². The molecule has 0 amide bonds. The summed E-state index contributed by atoms with van der Waals surface area (Å²) in [6.07, 6.45) is 1.38. The quantitative estimate of drug-likeness (QED) is 0.522. The average molecular weight is 290 g/mol. The molecule has 0 radical (unpaired) electrons. The number of esters is 1. The van der Waals surface area contributed by atoms with Crippen LogP contribution in [0, 0.1) is 17.0 Å². The molecule has 1 heterocycles. The first-order valence-electron chi connectivity index (χ1n) is 6.21. The Kier molecular flexibility index (Phi) is 3.88. The molecule has 0 saturated carbocycles. The van der Waals surface area contributed by atoms with Gasteiger partial charge < -0.3 is 10.5 Å². The molecule has 2 rings (SSSR count). The van der Waals surface area contributed by atoms with E-state index in [0.29, 0.717) is 11.3 Å². The second kappa shape index (κ2) is 5.61. The molecule has 0 fully saturated rings. The van der Waals surface area contributed by atoms with Crippen LogP contribution in [0.2, 0.25) is 0 Å². The zero-order valence-electron chi connectivity index (χ0n) is 11.6. The van der Waals surface area contributed by atoms with Crippen molar-refractivity contribution in [1.82, 2.24) is 9.55 Å². The van der Waals surface area contributed by atoms with E-state index in [1.165, 1.54) is 23.0 Å². The highest BCUT2D eigenvalue weighted by Gasteiger charge is 2.18. The monoisotopic (exact) mass is 290 g/mol. The van der Waals surface area contributed by atoms with Crippen molar-refractivity contribution in [3.8, 4) is 5.69 Å². The lowest BCUT2D eigenvalue weighted by Crippen LogP contribution is -2.09. The number of aryl methyl sites for hydroxylation is 1. The summed E-state index contributed by atoms with van der Waals surface area (Å²) in [5, 5.41) is 10.8. The van der Waals surface area contributed by atoms with E-state index in [-0.39, 0.29) is 23.8 Å². The Morgan fingerprint density at radius 2 is 2.24 bits per heavy atom. The summed E-state index contributed by atoms with van der Waals surface area (Å²) in [6, 6.07) is 4.53. The van der Waals surface area contributed by atoms with Crippen LogP contribution in [-0.2, 0) is 4.74 Å². The van der Waals surface area contributed by atoms with E-state index >= 15 is 0 Å². The first-order valence-corrected chi connectivity index (χ1v) is 6.21. The zero-order chi connectivity index (χ0) is 15.6. The minimum atomic E-state index is -0.604. The number of aromatic nitrogens is 2. The fraction of sp³-hybridized carbons (Fsp3) is 0.231. The number of hydrogen-bond donors (Lipinski definition) is 1. The number of carbonyl (C=O) groups excluding carboxylic acids is 1. The van der Waals surface area contributed by atoms with Crippen LogP contribution in [0.3, 0.4) is 0 Å². The van der Waals surface area contributed by atoms with Crippen molar-refractivity contribution in [2.75, 3.05) is 12.3 Å². The lowest BCUT2D eigenvalue weighted by molar-refractivity contribution is -0.385. The summed E-state index contributed by atoms with van der Waals surface area (Å²) in [6.45, 7) is 3.54. The third-order valence-electron chi connectivity index (χ3n) is 2.93. The number of imidazole rings is 1. The number of nitrogens with two attached hydrogens (primary N) is 1. The standard InChI is InChI=1S/C13H14N4O4/c1-3-21-13(18)11-12(14)16(7-15-11)9-4-5-10(17(19)20)8(2)6-9/h4-7H,3,14H2,1-2H3. The Labute approximate surface area is 120 Å². The minimum absolute atomic E-state index is 0.0167. The maximum Gasteiger partial charge on any atom is 0.360 e. The van der Waals surface area contributed by atoms with E-state index in [9.17, 15) is 14.9 Å². The predicted molar refractivity (Wildman–Crippen MR) is 75.3 cm³/mol. The molecule has 0 saturated heterocycles. The molecular formula is C13H14N4O4. The lowest BCUT2D eigenvalue weighted by Gasteiger charge is -2.07. The molecule has 0 atom stereocenters. The molecule has 8 nitrogen and oxygen atoms in total. The summed E-state index contributed by atoms with van der Waals surface area (Å²) < 4.78 is 6.32. The van der Waals surface area contributed by atoms with Gasteiger partial charge in [-0.05, 0) is 26.0 Å². The fourth-order valence-electron chi connectivity index (χ4n) is 1.91. The average Bonchev–Trinajstić information content (AvgIpc) is 2.80. The topological polar surface area (TPSA) is 113 Å². The van der Waals surface area contributed by atoms with Crippen LogP contribution in [0.25, 0.3) is 5.69 Å². The van der Waals surface area contributed by atoms with Gasteiger partial charge in [0.2, 0.25) is 0 Å². The van der Waals surface area contributed by atoms with Crippen molar-refractivity contribution in [3.63, 3.8) is 0 Å². The molecule has 0 aliphatic heterocycles. The fourth-order valence-corrected chi connectivity index (χ4v) is 1.91. The van der Waals surface area contributed by atoms with Crippen LogP contribution in [0.5, 0.6) is 0 Å². The van der Waals surface area contributed by atoms with Gasteiger partial charge in [-0.15, -0.1) is 0 Å². The number of hydrogen-bond acceptors (Lipinski definition) is 6. The van der Waals surface area contributed by atoms with Crippen molar-refractivity contribution >= 4 is 17.5 Å². The number of nitro benzene ring substituents is 1. The van der Waals surface area contributed by atoms with Crippen molar-refractivity contribution in [1.29, 1.82) is 0 Å². The van der Waals surface area contributed by atoms with Gasteiger partial charge in [0.15, 0.2) is 5.69 Å². The SMILES string of the molecule is CCOC(=O)c1ncn(-c2ccc([N+](=O)[O-])c(C)c2)c1N. The molecular weight excluding hydrogens is 276 g/mol. The van der Waals surface area contributed by atoms with E-state index in [0.717, 1.165) is 0 Å². The van der Waals surface area contributed by atoms with Crippen molar-refractivity contribution in [3.05, 3.63) is 45.9 Å². The van der Waals surface area contributed by atoms with Gasteiger partial charge in [-0.1, -0.05) is 0 Å². The van der Waals surface area contributed by atoms with E-state index in [1.807, 2.05) is 0 Å². The van der Waals surface area contributed by atoms with Gasteiger partial charge in [-0.3, -0.25) is 14.7 Å². The third kappa shape index (κ3) is 2.69. The van der Waals surface area contributed by atoms with Crippen molar-refractivity contribution in [2.45, 2.75) is 13.8 Å². The highest BCUT2D eigenvalue weighted by atomic mass is 16.6. The van der Waals surface area contributed by atoms with E-state index < -0.39 is 10.9 Å². The number of ether oxygens (including phenoxy) is 1. The Hall–Kier alpha value is -2.90. The molecule has 0 aliphatic carbocycles. The van der Waals surface area contributed by atoms with Gasteiger partial charge in [-0.25, -0.2) is 9.78 Å². The Balaban J connectivity index is 2.42. The van der Waals surface area contributed by atoms with Gasteiger partial charge in [0.1, 0.15) is 12.1 Å². The van der Waals surface area contributed by atoms with Crippen LogP contribution >= 0.6 is 0 Å². The number of nitrogen functional groups attached to an aromatic ring is 1. The van der Waals surface area contributed by atoms with Crippen LogP contribution in [0.1, 0.15) is 23.0 Å². The predicted octanol–water partition coefficient (Wildman–Crippen LogP) is 1.85. The Morgan fingerprint density at radius 1 is 1.52 bits per heavy atom. The second-order valence-corrected chi connectivity index (χ2v) is 4.30. The van der Waals surface area contributed by atoms with Gasteiger partial charge in [0.05, 0.1) is 11.5 Å². The van der Waals surface area contributed by atoms with Crippen LogP contribution in [-0.4, -0.2) is 27.1 Å². The number of anilines is 1. The maximum atomic E-state index is 11.7. The van der Waals surface area contributed by atoms with Crippen molar-refractivity contribution < 1.29 is 14.5 Å². The number of carbonyl (C=O) groups is 1. The molecule has 0 bridgehead atoms. The number of benzene rings is 1. The molecule has 1 aromatic carbocycles. The number of nitrogens with zero attached hydrogens (tertiary/aromatic N) is 3. The molecule has 8 heteroatoms. The summed E-state index contributed by atoms with van der Waals surface area (Å²) in [5.41, 5.74) is 6.99. The first-order chi connectivity index (χ1) is 9.95. The molecule has 2 N–H and O–H groups in total. The number of nitro groups is 1. The van der Waals surface area contributed by atoms with Crippen LogP contribution in [0.15, 0.2) is 24.5 Å². The van der Waals surface area contributed by atoms with E-state index in [1.54, 1.807) is 19.9 Å². The Bertz CT molecular complexity index is 708. The highest BCUT2D eigenvalue weighted by molar-refractivity contribution is 5.92. The summed E-state index contributed by atoms with van der Waals surface area (Å²) in [4.78, 5) is 25.9. The largest absolute Gasteiger partial charge is 0.461 e. The molecule has 0 unspecified atom stereocenters. The van der Waals surface area contributed by atoms with E-state index in [2.05, 4.69) is 4.98 Å². The van der Waals surface area contributed by atoms with Gasteiger partial charge in [0.25, 0.3) is 5.69 Å². The minimum Gasteiger partial charge on any atom is -0.461 e. The lowest BCUT2D eigenvalue weighted by atomic mass is 10.2. The Morgan fingerprint density at radius 3 is 2.81 bits per heavy atom. The van der Waals surface area contributed by atoms with Gasteiger partial charge >= 0.3 is 5.97 Å². The normalized spacial score (nSPS) is 10.4. The third-order valence-corrected chi connectivity index (χ3v) is 2.93. The van der Waals surface area contributed by atoms with Crippen LogP contribution < -0.4 is 5.73 Å². The molecule has 2 aromatic rings. The second-order valence-electron chi connectivity index (χ2n) is 4.30. The number of rotatable bonds is 4. The smallest absolute Gasteiger partial charge is 0.360 e. The molecule has 0 spiro atoms. The molecule has 110 valence electrons. The molecule has 1 aromatic heterocycles. The maximum absolute atomic E-state index is 11.7. The summed E-state index contributed by atoms with van der Waals surface area (Å²) in [7, 11) is 0. The first kappa shape index (κ1) is 14.5. The summed E-state index contributed by atoms with van der Waals surface area (Å²) >= 11 is 0. The molecule has 21 heavy (non-hydrogen) atoms. The van der Waals surface area contributed by atoms with Crippen molar-refractivity contribution in [2.24, 2.45) is 0 Å². The molecule has 0 aliphatic rings. The highest BCUT2D eigenvalue weighted by Crippen LogP contribution is 2.24. The van der Waals surface area contributed by atoms with E-state index in [4.69, 9.17) is 10.5 Å².